The van der Waals surface area contributed by atoms with Gasteiger partial charge in [0.25, 0.3) is 16.5 Å². The SMILES string of the molecule is Cc1ccc(S(=O)(=O)OC(C(F)F)C(F)(F)F)cc1. The van der Waals surface area contributed by atoms with E-state index in [9.17, 15) is 30.4 Å². The van der Waals surface area contributed by atoms with Crippen LogP contribution in [0, 0.1) is 6.92 Å². The van der Waals surface area contributed by atoms with Crippen LogP contribution in [-0.4, -0.2) is 27.1 Å². The largest absolute Gasteiger partial charge is 0.421 e. The van der Waals surface area contributed by atoms with E-state index in [4.69, 9.17) is 0 Å². The Labute approximate surface area is 106 Å². The third-order valence-electron chi connectivity index (χ3n) is 2.09. The molecule has 0 aliphatic rings. The van der Waals surface area contributed by atoms with Gasteiger partial charge in [-0.15, -0.1) is 0 Å². The minimum absolute atomic E-state index is 0.618. The Bertz CT molecular complexity index is 521. The molecule has 1 aromatic carbocycles. The predicted octanol–water partition coefficient (Wildman–Crippen LogP) is 2.90. The second-order valence-electron chi connectivity index (χ2n) is 3.66. The smallest absolute Gasteiger partial charge is 0.247 e. The summed E-state index contributed by atoms with van der Waals surface area (Å²) in [5, 5.41) is 0. The van der Waals surface area contributed by atoms with E-state index < -0.39 is 33.7 Å². The van der Waals surface area contributed by atoms with Gasteiger partial charge in [0.05, 0.1) is 4.90 Å². The standard InChI is InChI=1S/C10H9F5O3S/c1-6-2-4-7(5-3-6)19(16,17)18-8(9(11)12)10(13,14)15/h2-5,8-9H,1H3. The van der Waals surface area contributed by atoms with Crippen LogP contribution in [0.15, 0.2) is 29.2 Å². The van der Waals surface area contributed by atoms with Gasteiger partial charge in [0.2, 0.25) is 6.10 Å². The van der Waals surface area contributed by atoms with Crippen LogP contribution in [-0.2, 0) is 14.3 Å². The van der Waals surface area contributed by atoms with Crippen molar-refractivity contribution in [1.82, 2.24) is 0 Å². The van der Waals surface area contributed by atoms with Crippen molar-refractivity contribution in [3.8, 4) is 0 Å². The lowest BCUT2D eigenvalue weighted by Crippen LogP contribution is -2.39. The van der Waals surface area contributed by atoms with Gasteiger partial charge in [-0.3, -0.25) is 0 Å². The highest BCUT2D eigenvalue weighted by Crippen LogP contribution is 2.30. The number of hydrogen-bond acceptors (Lipinski definition) is 3. The first-order valence-corrected chi connectivity index (χ1v) is 6.29. The second kappa shape index (κ2) is 5.41. The van der Waals surface area contributed by atoms with Gasteiger partial charge < -0.3 is 0 Å². The molecule has 0 heterocycles. The highest BCUT2D eigenvalue weighted by molar-refractivity contribution is 7.86. The number of alkyl halides is 5. The third-order valence-corrected chi connectivity index (χ3v) is 3.40. The van der Waals surface area contributed by atoms with Crippen molar-refractivity contribution in [2.75, 3.05) is 0 Å². The third kappa shape index (κ3) is 4.13. The summed E-state index contributed by atoms with van der Waals surface area (Å²) < 4.78 is 87.5. The maximum absolute atomic E-state index is 12.2. The summed E-state index contributed by atoms with van der Waals surface area (Å²) in [4.78, 5) is -0.618. The molecule has 108 valence electrons. The average molecular weight is 304 g/mol. The maximum atomic E-state index is 12.2. The lowest BCUT2D eigenvalue weighted by Gasteiger charge is -2.19. The fourth-order valence-corrected chi connectivity index (χ4v) is 2.18. The molecule has 0 radical (unpaired) electrons. The van der Waals surface area contributed by atoms with Crippen molar-refractivity contribution < 1.29 is 34.6 Å². The first kappa shape index (κ1) is 15.8. The van der Waals surface area contributed by atoms with E-state index in [1.807, 2.05) is 0 Å². The van der Waals surface area contributed by atoms with Crippen LogP contribution in [0.4, 0.5) is 22.0 Å². The molecule has 19 heavy (non-hydrogen) atoms. The fourth-order valence-electron chi connectivity index (χ4n) is 1.14. The van der Waals surface area contributed by atoms with Gasteiger partial charge in [-0.05, 0) is 19.1 Å². The van der Waals surface area contributed by atoms with E-state index in [1.165, 1.54) is 12.1 Å². The van der Waals surface area contributed by atoms with Gasteiger partial charge >= 0.3 is 6.18 Å². The lowest BCUT2D eigenvalue weighted by molar-refractivity contribution is -0.226. The van der Waals surface area contributed by atoms with Gasteiger partial charge in [0.15, 0.2) is 0 Å². The summed E-state index contributed by atoms with van der Waals surface area (Å²) in [6.07, 6.45) is -13.2. The van der Waals surface area contributed by atoms with Crippen molar-refractivity contribution in [2.45, 2.75) is 30.5 Å². The van der Waals surface area contributed by atoms with Gasteiger partial charge in [-0.1, -0.05) is 17.7 Å². The fraction of sp³-hybridized carbons (Fsp3) is 0.400. The topological polar surface area (TPSA) is 43.4 Å². The van der Waals surface area contributed by atoms with Crippen LogP contribution in [0.25, 0.3) is 0 Å². The molecule has 1 atom stereocenters. The Kier molecular flexibility index (Phi) is 4.51. The minimum Gasteiger partial charge on any atom is -0.247 e. The lowest BCUT2D eigenvalue weighted by atomic mass is 10.2. The van der Waals surface area contributed by atoms with E-state index in [1.54, 1.807) is 6.92 Å². The molecule has 0 saturated heterocycles. The second-order valence-corrected chi connectivity index (χ2v) is 5.23. The quantitative estimate of drug-likeness (QED) is 0.634. The van der Waals surface area contributed by atoms with Crippen molar-refractivity contribution in [1.29, 1.82) is 0 Å². The monoisotopic (exact) mass is 304 g/mol. The summed E-state index contributed by atoms with van der Waals surface area (Å²) in [5.41, 5.74) is 0.653. The van der Waals surface area contributed by atoms with E-state index in [2.05, 4.69) is 4.18 Å². The molecule has 1 rings (SSSR count). The number of rotatable bonds is 4. The number of aryl methyl sites for hydroxylation is 1. The van der Waals surface area contributed by atoms with Crippen LogP contribution in [0.3, 0.4) is 0 Å². The molecule has 3 nitrogen and oxygen atoms in total. The van der Waals surface area contributed by atoms with Crippen molar-refractivity contribution in [2.24, 2.45) is 0 Å². The Hall–Kier alpha value is -1.22. The minimum atomic E-state index is -5.48. The van der Waals surface area contributed by atoms with Crippen molar-refractivity contribution in [3.63, 3.8) is 0 Å². The molecular formula is C10H9F5O3S. The molecule has 9 heteroatoms. The number of hydrogen-bond donors (Lipinski definition) is 0. The predicted molar refractivity (Wildman–Crippen MR) is 55.3 cm³/mol. The summed E-state index contributed by atoms with van der Waals surface area (Å²) >= 11 is 0. The maximum Gasteiger partial charge on any atom is 0.421 e. The Balaban J connectivity index is 3.04. The zero-order valence-corrected chi connectivity index (χ0v) is 10.3. The molecule has 0 spiro atoms. The molecule has 0 N–H and O–H groups in total. The summed E-state index contributed by atoms with van der Waals surface area (Å²) in [6.45, 7) is 1.62. The molecule has 0 aliphatic heterocycles. The molecular weight excluding hydrogens is 295 g/mol. The first-order valence-electron chi connectivity index (χ1n) is 4.89. The zero-order valence-electron chi connectivity index (χ0n) is 9.49. The number of halogens is 5. The molecule has 1 aromatic rings. The Morgan fingerprint density at radius 3 is 1.95 bits per heavy atom. The summed E-state index contributed by atoms with van der Waals surface area (Å²) in [7, 11) is -4.90. The molecule has 0 bridgehead atoms. The van der Waals surface area contributed by atoms with Gasteiger partial charge in [-0.2, -0.15) is 21.6 Å². The molecule has 0 aliphatic carbocycles. The van der Waals surface area contributed by atoms with E-state index in [0.717, 1.165) is 12.1 Å². The molecule has 0 amide bonds. The summed E-state index contributed by atoms with van der Waals surface area (Å²) in [5.74, 6) is 0. The van der Waals surface area contributed by atoms with Gasteiger partial charge in [0.1, 0.15) is 0 Å². The van der Waals surface area contributed by atoms with E-state index >= 15 is 0 Å². The van der Waals surface area contributed by atoms with Crippen LogP contribution in [0.1, 0.15) is 5.56 Å². The molecule has 0 fully saturated rings. The first-order chi connectivity index (χ1) is 8.54. The van der Waals surface area contributed by atoms with Crippen LogP contribution in [0.2, 0.25) is 0 Å². The number of benzene rings is 1. The zero-order chi connectivity index (χ0) is 14.8. The van der Waals surface area contributed by atoms with E-state index in [0.29, 0.717) is 5.56 Å². The molecule has 1 unspecified atom stereocenters. The van der Waals surface area contributed by atoms with E-state index in [-0.39, 0.29) is 0 Å². The summed E-state index contributed by atoms with van der Waals surface area (Å²) in [6, 6.07) is 4.57. The van der Waals surface area contributed by atoms with Crippen molar-refractivity contribution in [3.05, 3.63) is 29.8 Å². The molecule has 0 saturated carbocycles. The van der Waals surface area contributed by atoms with Gasteiger partial charge in [-0.25, -0.2) is 13.0 Å². The Morgan fingerprint density at radius 1 is 1.11 bits per heavy atom. The highest BCUT2D eigenvalue weighted by Gasteiger charge is 2.50. The van der Waals surface area contributed by atoms with Crippen LogP contribution >= 0.6 is 0 Å². The van der Waals surface area contributed by atoms with Gasteiger partial charge in [0, 0.05) is 0 Å². The average Bonchev–Trinajstić information content (AvgIpc) is 2.24. The Morgan fingerprint density at radius 2 is 1.58 bits per heavy atom. The highest BCUT2D eigenvalue weighted by atomic mass is 32.2. The molecule has 0 aromatic heterocycles. The van der Waals surface area contributed by atoms with Crippen molar-refractivity contribution >= 4 is 10.1 Å². The normalized spacial score (nSPS) is 14.7. The van der Waals surface area contributed by atoms with Crippen LogP contribution in [0.5, 0.6) is 0 Å². The van der Waals surface area contributed by atoms with Crippen LogP contribution < -0.4 is 0 Å².